The first kappa shape index (κ1) is 25.4. The van der Waals surface area contributed by atoms with E-state index in [2.05, 4.69) is 86.3 Å². The molecule has 2 nitrogen and oxygen atoms in total. The molecular weight excluding hydrogens is 460 g/mol. The lowest BCUT2D eigenvalue weighted by atomic mass is 9.86. The summed E-state index contributed by atoms with van der Waals surface area (Å²) in [7, 11) is -3.29. The lowest BCUT2D eigenvalue weighted by Crippen LogP contribution is -2.03. The molecule has 0 radical (unpaired) electrons. The van der Waals surface area contributed by atoms with Gasteiger partial charge in [0.05, 0.1) is 10.6 Å². The van der Waals surface area contributed by atoms with E-state index in [4.69, 9.17) is 0 Å². The van der Waals surface area contributed by atoms with Crippen molar-refractivity contribution in [1.29, 1.82) is 0 Å². The Morgan fingerprint density at radius 2 is 1.50 bits per heavy atom. The van der Waals surface area contributed by atoms with E-state index in [0.717, 1.165) is 24.0 Å². The number of allylic oxidation sites excluding steroid dienone is 3. The van der Waals surface area contributed by atoms with Gasteiger partial charge in [0.2, 0.25) is 0 Å². The minimum Gasteiger partial charge on any atom is -0.224 e. The predicted octanol–water partition coefficient (Wildman–Crippen LogP) is 8.19. The molecule has 0 aliphatic heterocycles. The summed E-state index contributed by atoms with van der Waals surface area (Å²) in [6.07, 6.45) is 3.86. The Labute approximate surface area is 215 Å². The van der Waals surface area contributed by atoms with Gasteiger partial charge in [0, 0.05) is 0 Å². The average Bonchev–Trinajstić information content (AvgIpc) is 2.92. The Balaban J connectivity index is 1.81. The maximum atomic E-state index is 12.5. The highest BCUT2D eigenvalue weighted by molar-refractivity contribution is 7.91. The van der Waals surface area contributed by atoms with Gasteiger partial charge in [-0.3, -0.25) is 0 Å². The summed E-state index contributed by atoms with van der Waals surface area (Å²) in [4.78, 5) is 0.337. The van der Waals surface area contributed by atoms with Gasteiger partial charge in [-0.1, -0.05) is 111 Å². The molecule has 0 saturated heterocycles. The Bertz CT molecular complexity index is 1480. The van der Waals surface area contributed by atoms with Gasteiger partial charge >= 0.3 is 0 Å². The van der Waals surface area contributed by atoms with Crippen LogP contribution in [0.25, 0.3) is 22.3 Å². The van der Waals surface area contributed by atoms with Crippen LogP contribution in [0.1, 0.15) is 35.6 Å². The maximum absolute atomic E-state index is 12.5. The minimum absolute atomic E-state index is 0.0741. The number of rotatable bonds is 9. The largest absolute Gasteiger partial charge is 0.224 e. The molecule has 4 aromatic carbocycles. The molecular formula is C33H32O2S. The molecule has 0 amide bonds. The number of sulfone groups is 1. The predicted molar refractivity (Wildman–Crippen MR) is 153 cm³/mol. The Morgan fingerprint density at radius 3 is 2.19 bits per heavy atom. The first-order valence-corrected chi connectivity index (χ1v) is 14.0. The zero-order valence-corrected chi connectivity index (χ0v) is 21.8. The Kier molecular flexibility index (Phi) is 8.02. The van der Waals surface area contributed by atoms with E-state index in [1.807, 2.05) is 18.2 Å². The highest BCUT2D eigenvalue weighted by Crippen LogP contribution is 2.35. The molecule has 4 aromatic rings. The number of aryl methyl sites for hydroxylation is 2. The summed E-state index contributed by atoms with van der Waals surface area (Å²) in [5.74, 6) is 0.0741. The summed E-state index contributed by atoms with van der Waals surface area (Å²) >= 11 is 0. The van der Waals surface area contributed by atoms with Crippen molar-refractivity contribution in [3.05, 3.63) is 138 Å². The van der Waals surface area contributed by atoms with Crippen molar-refractivity contribution < 1.29 is 8.42 Å². The molecule has 0 aliphatic rings. The highest BCUT2D eigenvalue weighted by atomic mass is 32.2. The monoisotopic (exact) mass is 492 g/mol. The highest BCUT2D eigenvalue weighted by Gasteiger charge is 2.15. The van der Waals surface area contributed by atoms with E-state index in [9.17, 15) is 8.42 Å². The maximum Gasteiger partial charge on any atom is 0.178 e. The SMILES string of the molecule is C=C(C=C(CCc1ccccc1)c1c(C)cccc1-c1ccccc1)c1cccc(S(=O)(=O)CC)c1. The van der Waals surface area contributed by atoms with E-state index in [1.165, 1.54) is 33.4 Å². The summed E-state index contributed by atoms with van der Waals surface area (Å²) in [5.41, 5.74) is 8.84. The summed E-state index contributed by atoms with van der Waals surface area (Å²) < 4.78 is 25.0. The second-order valence-electron chi connectivity index (χ2n) is 8.98. The molecule has 0 N–H and O–H groups in total. The van der Waals surface area contributed by atoms with Crippen LogP contribution in [0.5, 0.6) is 0 Å². The molecule has 0 fully saturated rings. The van der Waals surface area contributed by atoms with Crippen LogP contribution in [-0.4, -0.2) is 14.2 Å². The van der Waals surface area contributed by atoms with Crippen LogP contribution < -0.4 is 0 Å². The van der Waals surface area contributed by atoms with Gasteiger partial charge in [-0.05, 0) is 76.4 Å². The van der Waals surface area contributed by atoms with Crippen molar-refractivity contribution in [1.82, 2.24) is 0 Å². The third-order valence-electron chi connectivity index (χ3n) is 6.50. The zero-order valence-electron chi connectivity index (χ0n) is 20.9. The van der Waals surface area contributed by atoms with Gasteiger partial charge in [-0.25, -0.2) is 8.42 Å². The van der Waals surface area contributed by atoms with Gasteiger partial charge in [0.25, 0.3) is 0 Å². The van der Waals surface area contributed by atoms with E-state index >= 15 is 0 Å². The first-order valence-electron chi connectivity index (χ1n) is 12.3. The standard InChI is InChI=1S/C33H32O2S/c1-4-36(34,35)31-19-12-18-29(24-31)26(3)23-30(22-21-27-14-7-5-8-15-27)33-25(2)13-11-20-32(33)28-16-9-6-10-17-28/h5-20,23-24H,3-4,21-22H2,1-2H3. The number of hydrogen-bond acceptors (Lipinski definition) is 2. The van der Waals surface area contributed by atoms with Gasteiger partial charge in [0.15, 0.2) is 9.84 Å². The van der Waals surface area contributed by atoms with Crippen LogP contribution in [-0.2, 0) is 16.3 Å². The lowest BCUT2D eigenvalue weighted by Gasteiger charge is -2.18. The van der Waals surface area contributed by atoms with Gasteiger partial charge in [0.1, 0.15) is 0 Å². The van der Waals surface area contributed by atoms with Crippen LogP contribution in [0.3, 0.4) is 0 Å². The molecule has 0 heterocycles. The topological polar surface area (TPSA) is 34.1 Å². The molecule has 182 valence electrons. The van der Waals surface area contributed by atoms with Crippen molar-refractivity contribution in [2.75, 3.05) is 5.75 Å². The summed E-state index contributed by atoms with van der Waals surface area (Å²) in [5, 5.41) is 0. The summed E-state index contributed by atoms with van der Waals surface area (Å²) in [6, 6.07) is 34.5. The fourth-order valence-corrected chi connectivity index (χ4v) is 5.42. The summed E-state index contributed by atoms with van der Waals surface area (Å²) in [6.45, 7) is 8.17. The van der Waals surface area contributed by atoms with Crippen molar-refractivity contribution in [3.63, 3.8) is 0 Å². The van der Waals surface area contributed by atoms with Crippen molar-refractivity contribution in [3.8, 4) is 11.1 Å². The van der Waals surface area contributed by atoms with Crippen LogP contribution in [0.4, 0.5) is 0 Å². The average molecular weight is 493 g/mol. The van der Waals surface area contributed by atoms with Gasteiger partial charge in [-0.15, -0.1) is 0 Å². The smallest absolute Gasteiger partial charge is 0.178 e. The number of hydrogen-bond donors (Lipinski definition) is 0. The third kappa shape index (κ3) is 5.92. The molecule has 0 aliphatic carbocycles. The molecule has 0 unspecified atom stereocenters. The molecule has 3 heteroatoms. The van der Waals surface area contributed by atoms with Crippen LogP contribution in [0.15, 0.2) is 121 Å². The normalized spacial score (nSPS) is 11.9. The second kappa shape index (κ2) is 11.4. The molecule has 0 spiro atoms. The molecule has 36 heavy (non-hydrogen) atoms. The van der Waals surface area contributed by atoms with Crippen molar-refractivity contribution in [2.45, 2.75) is 31.6 Å². The fourth-order valence-electron chi connectivity index (χ4n) is 4.49. The molecule has 0 bridgehead atoms. The molecule has 4 rings (SSSR count). The molecule has 0 atom stereocenters. The van der Waals surface area contributed by atoms with Gasteiger partial charge < -0.3 is 0 Å². The minimum atomic E-state index is -3.29. The van der Waals surface area contributed by atoms with Crippen molar-refractivity contribution >= 4 is 21.0 Å². The van der Waals surface area contributed by atoms with E-state index in [-0.39, 0.29) is 5.75 Å². The quantitative estimate of drug-likeness (QED) is 0.221. The Hall–Kier alpha value is -3.69. The Morgan fingerprint density at radius 1 is 0.833 bits per heavy atom. The zero-order chi connectivity index (χ0) is 25.5. The van der Waals surface area contributed by atoms with E-state index < -0.39 is 9.84 Å². The third-order valence-corrected chi connectivity index (χ3v) is 8.23. The fraction of sp³-hybridized carbons (Fsp3) is 0.152. The van der Waals surface area contributed by atoms with Crippen LogP contribution in [0.2, 0.25) is 0 Å². The van der Waals surface area contributed by atoms with Gasteiger partial charge in [-0.2, -0.15) is 0 Å². The van der Waals surface area contributed by atoms with E-state index in [0.29, 0.717) is 4.90 Å². The van der Waals surface area contributed by atoms with Crippen LogP contribution >= 0.6 is 0 Å². The van der Waals surface area contributed by atoms with E-state index in [1.54, 1.807) is 25.1 Å². The molecule has 0 saturated carbocycles. The van der Waals surface area contributed by atoms with Crippen LogP contribution in [0, 0.1) is 6.92 Å². The second-order valence-corrected chi connectivity index (χ2v) is 11.3. The lowest BCUT2D eigenvalue weighted by molar-refractivity contribution is 0.597. The molecule has 0 aromatic heterocycles. The first-order chi connectivity index (χ1) is 17.4. The number of benzene rings is 4. The van der Waals surface area contributed by atoms with Crippen molar-refractivity contribution in [2.24, 2.45) is 0 Å².